The van der Waals surface area contributed by atoms with Gasteiger partial charge >= 0.3 is 0 Å². The topological polar surface area (TPSA) is 92.5 Å². The summed E-state index contributed by atoms with van der Waals surface area (Å²) in [6, 6.07) is 5.83. The molecule has 0 saturated carbocycles. The Labute approximate surface area is 124 Å². The van der Waals surface area contributed by atoms with Crippen molar-refractivity contribution in [1.82, 2.24) is 9.62 Å². The predicted octanol–water partition coefficient (Wildman–Crippen LogP) is 0.190. The zero-order valence-corrected chi connectivity index (χ0v) is 12.7. The van der Waals surface area contributed by atoms with Crippen LogP contribution in [-0.4, -0.2) is 44.3 Å². The van der Waals surface area contributed by atoms with Gasteiger partial charge in [-0.1, -0.05) is 0 Å². The number of primary amides is 1. The second-order valence-electron chi connectivity index (χ2n) is 4.61. The van der Waals surface area contributed by atoms with Gasteiger partial charge < -0.3 is 11.1 Å². The van der Waals surface area contributed by atoms with Gasteiger partial charge in [-0.25, -0.2) is 8.42 Å². The molecule has 8 heteroatoms. The molecule has 1 amide bonds. The summed E-state index contributed by atoms with van der Waals surface area (Å²) < 4.78 is 26.2. The number of halogens is 1. The first-order chi connectivity index (χ1) is 8.91. The van der Waals surface area contributed by atoms with Gasteiger partial charge in [0.05, 0.1) is 4.90 Å². The maximum atomic E-state index is 12.4. The molecule has 1 saturated heterocycles. The monoisotopic (exact) mass is 319 g/mol. The third kappa shape index (κ3) is 3.49. The lowest BCUT2D eigenvalue weighted by molar-refractivity contribution is 0.1000. The van der Waals surface area contributed by atoms with E-state index in [4.69, 9.17) is 5.73 Å². The smallest absolute Gasteiger partial charge is 0.248 e. The molecule has 0 spiro atoms. The Morgan fingerprint density at radius 3 is 2.45 bits per heavy atom. The van der Waals surface area contributed by atoms with E-state index in [1.165, 1.54) is 28.6 Å². The number of carbonyl (C=O) groups excluding carboxylic acids is 1. The Morgan fingerprint density at radius 1 is 1.35 bits per heavy atom. The van der Waals surface area contributed by atoms with Crippen molar-refractivity contribution in [2.75, 3.05) is 19.6 Å². The summed E-state index contributed by atoms with van der Waals surface area (Å²) in [6.45, 7) is 3.47. The third-order valence-corrected chi connectivity index (χ3v) is 4.99. The Balaban J connectivity index is 0.00000200. The number of carbonyl (C=O) groups is 1. The van der Waals surface area contributed by atoms with E-state index < -0.39 is 15.9 Å². The molecule has 1 atom stereocenters. The number of nitrogens with two attached hydrogens (primary N) is 1. The number of amides is 1. The summed E-state index contributed by atoms with van der Waals surface area (Å²) in [5, 5.41) is 3.19. The maximum absolute atomic E-state index is 12.4. The Morgan fingerprint density at radius 2 is 1.95 bits per heavy atom. The summed E-state index contributed by atoms with van der Waals surface area (Å²) >= 11 is 0. The molecule has 0 radical (unpaired) electrons. The highest BCUT2D eigenvalue weighted by Crippen LogP contribution is 2.17. The third-order valence-electron chi connectivity index (χ3n) is 3.11. The number of hydrogen-bond donors (Lipinski definition) is 2. The molecule has 1 aromatic rings. The van der Waals surface area contributed by atoms with Gasteiger partial charge in [0.15, 0.2) is 0 Å². The van der Waals surface area contributed by atoms with Gasteiger partial charge in [0.2, 0.25) is 15.9 Å². The molecule has 1 fully saturated rings. The van der Waals surface area contributed by atoms with Crippen LogP contribution in [0.4, 0.5) is 0 Å². The molecule has 2 rings (SSSR count). The summed E-state index contributed by atoms with van der Waals surface area (Å²) in [4.78, 5) is 11.1. The van der Waals surface area contributed by atoms with Crippen LogP contribution in [0.2, 0.25) is 0 Å². The summed E-state index contributed by atoms with van der Waals surface area (Å²) in [5.74, 6) is -0.570. The zero-order chi connectivity index (χ0) is 14.0. The molecule has 20 heavy (non-hydrogen) atoms. The molecule has 6 nitrogen and oxygen atoms in total. The van der Waals surface area contributed by atoms with E-state index in [2.05, 4.69) is 5.32 Å². The van der Waals surface area contributed by atoms with Crippen molar-refractivity contribution in [1.29, 1.82) is 0 Å². The number of rotatable bonds is 3. The first-order valence-corrected chi connectivity index (χ1v) is 7.48. The average Bonchev–Trinajstić information content (AvgIpc) is 2.39. The van der Waals surface area contributed by atoms with Crippen LogP contribution in [0, 0.1) is 0 Å². The summed E-state index contributed by atoms with van der Waals surface area (Å²) in [5.41, 5.74) is 5.43. The molecule has 1 aliphatic rings. The first-order valence-electron chi connectivity index (χ1n) is 6.04. The fourth-order valence-electron chi connectivity index (χ4n) is 2.06. The minimum absolute atomic E-state index is 0. The van der Waals surface area contributed by atoms with Crippen LogP contribution in [0.15, 0.2) is 29.2 Å². The predicted molar refractivity (Wildman–Crippen MR) is 78.4 cm³/mol. The van der Waals surface area contributed by atoms with Gasteiger partial charge in [-0.15, -0.1) is 12.4 Å². The minimum Gasteiger partial charge on any atom is -0.366 e. The molecule has 0 aromatic heterocycles. The number of piperazine rings is 1. The maximum Gasteiger partial charge on any atom is 0.248 e. The van der Waals surface area contributed by atoms with Gasteiger partial charge in [0.25, 0.3) is 0 Å². The molecular formula is C12H18ClN3O3S. The van der Waals surface area contributed by atoms with Crippen molar-refractivity contribution >= 4 is 28.3 Å². The zero-order valence-electron chi connectivity index (χ0n) is 11.1. The van der Waals surface area contributed by atoms with Crippen molar-refractivity contribution in [2.45, 2.75) is 17.9 Å². The number of sulfonamides is 1. The van der Waals surface area contributed by atoms with Crippen molar-refractivity contribution < 1.29 is 13.2 Å². The number of hydrogen-bond acceptors (Lipinski definition) is 4. The fraction of sp³-hybridized carbons (Fsp3) is 0.417. The average molecular weight is 320 g/mol. The van der Waals surface area contributed by atoms with Gasteiger partial charge in [-0.05, 0) is 31.2 Å². The van der Waals surface area contributed by atoms with Crippen LogP contribution >= 0.6 is 12.4 Å². The van der Waals surface area contributed by atoms with Crippen LogP contribution in [0.25, 0.3) is 0 Å². The molecule has 112 valence electrons. The largest absolute Gasteiger partial charge is 0.366 e. The van der Waals surface area contributed by atoms with E-state index >= 15 is 0 Å². The Kier molecular flexibility index (Phi) is 5.52. The number of nitrogens with one attached hydrogen (secondary N) is 1. The SMILES string of the molecule is CC1CN(S(=O)(=O)c2ccc(C(N)=O)cc2)CCN1.Cl. The van der Waals surface area contributed by atoms with Crippen molar-refractivity contribution in [3.05, 3.63) is 29.8 Å². The summed E-state index contributed by atoms with van der Waals surface area (Å²) in [7, 11) is -3.50. The molecular weight excluding hydrogens is 302 g/mol. The molecule has 0 aliphatic carbocycles. The van der Waals surface area contributed by atoms with E-state index in [0.29, 0.717) is 25.2 Å². The van der Waals surface area contributed by atoms with Crippen molar-refractivity contribution in [2.24, 2.45) is 5.73 Å². The highest BCUT2D eigenvalue weighted by Gasteiger charge is 2.28. The lowest BCUT2D eigenvalue weighted by atomic mass is 10.2. The van der Waals surface area contributed by atoms with Crippen molar-refractivity contribution in [3.8, 4) is 0 Å². The van der Waals surface area contributed by atoms with E-state index in [9.17, 15) is 13.2 Å². The van der Waals surface area contributed by atoms with Crippen LogP contribution in [0.3, 0.4) is 0 Å². The fourth-order valence-corrected chi connectivity index (χ4v) is 3.59. The van der Waals surface area contributed by atoms with Gasteiger partial charge in [0, 0.05) is 31.2 Å². The quantitative estimate of drug-likeness (QED) is 0.832. The van der Waals surface area contributed by atoms with E-state index in [1.807, 2.05) is 6.92 Å². The normalized spacial score (nSPS) is 20.1. The minimum atomic E-state index is -3.50. The number of nitrogens with zero attached hydrogens (tertiary/aromatic N) is 1. The Bertz CT molecular complexity index is 574. The van der Waals surface area contributed by atoms with Crippen LogP contribution in [0.5, 0.6) is 0 Å². The number of benzene rings is 1. The highest BCUT2D eigenvalue weighted by molar-refractivity contribution is 7.89. The molecule has 0 bridgehead atoms. The lowest BCUT2D eigenvalue weighted by Crippen LogP contribution is -2.51. The Hall–Kier alpha value is -1.15. The lowest BCUT2D eigenvalue weighted by Gasteiger charge is -2.31. The van der Waals surface area contributed by atoms with E-state index in [0.717, 1.165) is 0 Å². The van der Waals surface area contributed by atoms with Crippen LogP contribution in [0.1, 0.15) is 17.3 Å². The van der Waals surface area contributed by atoms with Gasteiger partial charge in [-0.3, -0.25) is 4.79 Å². The summed E-state index contributed by atoms with van der Waals surface area (Å²) in [6.07, 6.45) is 0. The molecule has 1 aliphatic heterocycles. The van der Waals surface area contributed by atoms with E-state index in [1.54, 1.807) is 0 Å². The highest BCUT2D eigenvalue weighted by atomic mass is 35.5. The van der Waals surface area contributed by atoms with E-state index in [-0.39, 0.29) is 23.3 Å². The first kappa shape index (κ1) is 16.9. The standard InChI is InChI=1S/C12H17N3O3S.ClH/c1-9-8-15(7-6-14-9)19(17,18)11-4-2-10(3-5-11)12(13)16;/h2-5,9,14H,6-8H2,1H3,(H2,13,16);1H. The van der Waals surface area contributed by atoms with Gasteiger partial charge in [-0.2, -0.15) is 4.31 Å². The second-order valence-corrected chi connectivity index (χ2v) is 6.54. The second kappa shape index (κ2) is 6.53. The molecule has 3 N–H and O–H groups in total. The van der Waals surface area contributed by atoms with Crippen molar-refractivity contribution in [3.63, 3.8) is 0 Å². The molecule has 1 unspecified atom stereocenters. The van der Waals surface area contributed by atoms with Crippen LogP contribution in [-0.2, 0) is 10.0 Å². The van der Waals surface area contributed by atoms with Gasteiger partial charge in [0.1, 0.15) is 0 Å². The van der Waals surface area contributed by atoms with Crippen LogP contribution < -0.4 is 11.1 Å². The molecule has 1 aromatic carbocycles. The molecule has 1 heterocycles.